The molecule has 35 heavy (non-hydrogen) atoms. The summed E-state index contributed by atoms with van der Waals surface area (Å²) in [6.45, 7) is 0.275. The average molecular weight is 467 g/mol. The predicted molar refractivity (Wildman–Crippen MR) is 133 cm³/mol. The zero-order valence-corrected chi connectivity index (χ0v) is 19.4. The van der Waals surface area contributed by atoms with Crippen LogP contribution >= 0.6 is 0 Å². The minimum atomic E-state index is -0.931. The highest BCUT2D eigenvalue weighted by molar-refractivity contribution is 6.40. The highest BCUT2D eigenvalue weighted by Crippen LogP contribution is 2.36. The van der Waals surface area contributed by atoms with Gasteiger partial charge >= 0.3 is 5.97 Å². The highest BCUT2D eigenvalue weighted by atomic mass is 16.6. The van der Waals surface area contributed by atoms with E-state index in [0.29, 0.717) is 0 Å². The smallest absolute Gasteiger partial charge is 0.380 e. The largest absolute Gasteiger partial charge is 0.497 e. The van der Waals surface area contributed by atoms with Crippen LogP contribution in [0.2, 0.25) is 0 Å². The first-order valence-electron chi connectivity index (χ1n) is 11.3. The molecule has 0 heterocycles. The van der Waals surface area contributed by atoms with Gasteiger partial charge in [-0.05, 0) is 28.8 Å². The van der Waals surface area contributed by atoms with E-state index in [0.717, 1.165) is 22.4 Å². The van der Waals surface area contributed by atoms with Crippen molar-refractivity contribution >= 4 is 11.8 Å². The lowest BCUT2D eigenvalue weighted by atomic mass is 9.97. The second-order valence-corrected chi connectivity index (χ2v) is 7.92. The summed E-state index contributed by atoms with van der Waals surface area (Å²) in [5.74, 6) is -0.878. The van der Waals surface area contributed by atoms with Crippen molar-refractivity contribution in [1.82, 2.24) is 0 Å². The topological polar surface area (TPSA) is 61.8 Å². The first-order chi connectivity index (χ1) is 17.2. The van der Waals surface area contributed by atoms with Gasteiger partial charge in [0, 0.05) is 5.56 Å². The van der Waals surface area contributed by atoms with Crippen molar-refractivity contribution in [2.45, 2.75) is 18.8 Å². The molecule has 0 aliphatic heterocycles. The summed E-state index contributed by atoms with van der Waals surface area (Å²) in [7, 11) is 1.62. The zero-order chi connectivity index (χ0) is 24.5. The van der Waals surface area contributed by atoms with Gasteiger partial charge in [0.25, 0.3) is 5.78 Å². The normalized spacial score (nSPS) is 12.4. The van der Waals surface area contributed by atoms with Gasteiger partial charge in [0.05, 0.1) is 13.7 Å². The molecule has 4 aromatic carbocycles. The number of esters is 1. The molecule has 0 bridgehead atoms. The molecule has 0 amide bonds. The van der Waals surface area contributed by atoms with Crippen molar-refractivity contribution in [3.63, 3.8) is 0 Å². The van der Waals surface area contributed by atoms with Gasteiger partial charge in [0.15, 0.2) is 6.10 Å². The molecule has 176 valence electrons. The van der Waals surface area contributed by atoms with Gasteiger partial charge in [-0.25, -0.2) is 4.79 Å². The van der Waals surface area contributed by atoms with E-state index in [2.05, 4.69) is 0 Å². The van der Waals surface area contributed by atoms with Crippen molar-refractivity contribution in [2.75, 3.05) is 7.11 Å². The fraction of sp³-hybridized carbons (Fsp3) is 0.133. The Morgan fingerprint density at radius 3 is 1.71 bits per heavy atom. The zero-order valence-electron chi connectivity index (χ0n) is 19.4. The number of hydrogen-bond donors (Lipinski definition) is 0. The first-order valence-corrected chi connectivity index (χ1v) is 11.3. The molecule has 4 rings (SSSR count). The lowest BCUT2D eigenvalue weighted by molar-refractivity contribution is -0.154. The standard InChI is InChI=1S/C30H26O5/c1-33-26-19-17-22(18-20-26)21-34-28(24-13-7-3-8-14-24)29(25-15-9-4-10-16-25)35-30(32)27(31)23-11-5-2-6-12-23/h2-20,28-29H,21H2,1H3/t28-,29-/m1/s1. The van der Waals surface area contributed by atoms with Crippen LogP contribution in [-0.4, -0.2) is 18.9 Å². The van der Waals surface area contributed by atoms with Crippen LogP contribution in [0.5, 0.6) is 5.75 Å². The molecule has 2 atom stereocenters. The number of rotatable bonds is 10. The van der Waals surface area contributed by atoms with Crippen LogP contribution in [0.1, 0.15) is 39.3 Å². The lowest BCUT2D eigenvalue weighted by Crippen LogP contribution is -2.25. The van der Waals surface area contributed by atoms with Gasteiger partial charge in [-0.2, -0.15) is 0 Å². The molecule has 5 heteroatoms. The molecule has 4 aromatic rings. The van der Waals surface area contributed by atoms with Gasteiger partial charge in [-0.1, -0.05) is 103 Å². The third kappa shape index (κ3) is 6.22. The van der Waals surface area contributed by atoms with Gasteiger partial charge < -0.3 is 14.2 Å². The van der Waals surface area contributed by atoms with E-state index in [4.69, 9.17) is 14.2 Å². The second-order valence-electron chi connectivity index (χ2n) is 7.92. The third-order valence-electron chi connectivity index (χ3n) is 5.58. The molecule has 0 saturated heterocycles. The van der Waals surface area contributed by atoms with Crippen molar-refractivity contribution < 1.29 is 23.8 Å². The van der Waals surface area contributed by atoms with Crippen molar-refractivity contribution in [3.05, 3.63) is 138 Å². The molecular weight excluding hydrogens is 440 g/mol. The summed E-state index contributed by atoms with van der Waals surface area (Å²) >= 11 is 0. The quantitative estimate of drug-likeness (QED) is 0.160. The van der Waals surface area contributed by atoms with Crippen LogP contribution < -0.4 is 4.74 Å². The van der Waals surface area contributed by atoms with Crippen molar-refractivity contribution in [2.24, 2.45) is 0 Å². The van der Waals surface area contributed by atoms with Crippen LogP contribution in [0.4, 0.5) is 0 Å². The second kappa shape index (κ2) is 11.8. The number of hydrogen-bond acceptors (Lipinski definition) is 5. The molecular formula is C30H26O5. The fourth-order valence-electron chi connectivity index (χ4n) is 3.73. The molecule has 0 radical (unpaired) electrons. The summed E-state index contributed by atoms with van der Waals surface area (Å²) in [5, 5.41) is 0. The number of benzene rings is 4. The van der Waals surface area contributed by atoms with Gasteiger partial charge in [-0.3, -0.25) is 4.79 Å². The highest BCUT2D eigenvalue weighted by Gasteiger charge is 2.32. The minimum Gasteiger partial charge on any atom is -0.497 e. The van der Waals surface area contributed by atoms with E-state index >= 15 is 0 Å². The van der Waals surface area contributed by atoms with Crippen molar-refractivity contribution in [1.29, 1.82) is 0 Å². The van der Waals surface area contributed by atoms with E-state index < -0.39 is 24.0 Å². The van der Waals surface area contributed by atoms with Crippen LogP contribution in [0.15, 0.2) is 115 Å². The maximum Gasteiger partial charge on any atom is 0.380 e. The third-order valence-corrected chi connectivity index (χ3v) is 5.58. The van der Waals surface area contributed by atoms with E-state index in [-0.39, 0.29) is 12.2 Å². The van der Waals surface area contributed by atoms with Crippen LogP contribution in [0, 0.1) is 0 Å². The van der Waals surface area contributed by atoms with Crippen LogP contribution in [-0.2, 0) is 20.9 Å². The molecule has 0 N–H and O–H groups in total. The Bertz CT molecular complexity index is 1220. The van der Waals surface area contributed by atoms with Crippen molar-refractivity contribution in [3.8, 4) is 5.75 Å². The van der Waals surface area contributed by atoms with Crippen LogP contribution in [0.25, 0.3) is 0 Å². The van der Waals surface area contributed by atoms with E-state index in [1.165, 1.54) is 0 Å². The predicted octanol–water partition coefficient (Wildman–Crippen LogP) is 6.12. The minimum absolute atomic E-state index is 0.275. The molecule has 0 fully saturated rings. The Labute approximate surface area is 204 Å². The van der Waals surface area contributed by atoms with E-state index in [1.807, 2.05) is 84.9 Å². The Balaban J connectivity index is 1.64. The van der Waals surface area contributed by atoms with Gasteiger partial charge in [-0.15, -0.1) is 0 Å². The lowest BCUT2D eigenvalue weighted by Gasteiger charge is -2.28. The molecule has 5 nitrogen and oxygen atoms in total. The number of methoxy groups -OCH3 is 1. The maximum atomic E-state index is 13.0. The summed E-state index contributed by atoms with van der Waals surface area (Å²) in [4.78, 5) is 25.7. The van der Waals surface area contributed by atoms with E-state index in [9.17, 15) is 9.59 Å². The maximum absolute atomic E-state index is 13.0. The molecule has 0 aliphatic rings. The Morgan fingerprint density at radius 2 is 1.17 bits per heavy atom. The summed E-state index contributed by atoms with van der Waals surface area (Å²) in [5.41, 5.74) is 2.77. The number of ether oxygens (including phenoxy) is 3. The number of Topliss-reactive ketones (excluding diaryl/α,β-unsaturated/α-hetero) is 1. The number of carbonyl (C=O) groups is 2. The Morgan fingerprint density at radius 1 is 0.657 bits per heavy atom. The number of carbonyl (C=O) groups excluding carboxylic acids is 2. The SMILES string of the molecule is COc1ccc(CO[C@H](c2ccccc2)[C@H](OC(=O)C(=O)c2ccccc2)c2ccccc2)cc1. The molecule has 0 unspecified atom stereocenters. The first kappa shape index (κ1) is 23.9. The summed E-state index contributed by atoms with van der Waals surface area (Å²) < 4.78 is 17.5. The molecule has 0 saturated carbocycles. The fourth-order valence-corrected chi connectivity index (χ4v) is 3.73. The summed E-state index contributed by atoms with van der Waals surface area (Å²) in [6.07, 6.45) is -1.48. The Kier molecular flexibility index (Phi) is 8.04. The average Bonchev–Trinajstić information content (AvgIpc) is 2.94. The van der Waals surface area contributed by atoms with E-state index in [1.54, 1.807) is 37.4 Å². The summed E-state index contributed by atoms with van der Waals surface area (Å²) in [6, 6.07) is 34.8. The molecule has 0 aliphatic carbocycles. The van der Waals surface area contributed by atoms with Crippen LogP contribution in [0.3, 0.4) is 0 Å². The monoisotopic (exact) mass is 466 g/mol. The van der Waals surface area contributed by atoms with Gasteiger partial charge in [0.2, 0.25) is 0 Å². The Hall–Kier alpha value is -4.22. The van der Waals surface area contributed by atoms with Gasteiger partial charge in [0.1, 0.15) is 11.9 Å². The number of ketones is 1. The molecule has 0 spiro atoms. The molecule has 0 aromatic heterocycles.